The molecule has 0 saturated carbocycles. The largest absolute Gasteiger partial charge is 0.481 e. The van der Waals surface area contributed by atoms with Crippen LogP contribution in [0.2, 0.25) is 0 Å². The monoisotopic (exact) mass is 528 g/mol. The Kier molecular flexibility index (Phi) is 103. The molecule has 0 rings (SSSR count). The van der Waals surface area contributed by atoms with Crippen LogP contribution in [0, 0.1) is 0 Å². The first-order chi connectivity index (χ1) is 10.4. The normalized spacial score (nSPS) is 5.56. The van der Waals surface area contributed by atoms with Crippen LogP contribution in [0.5, 0.6) is 0 Å². The second kappa shape index (κ2) is 49.7. The fraction of sp³-hybridized carbons (Fsp3) is 0.500. The molecule has 0 radical (unpaired) electrons. The third kappa shape index (κ3) is 4640. The maximum Gasteiger partial charge on any atom is 0.300 e. The molecule has 0 aliphatic heterocycles. The summed E-state index contributed by atoms with van der Waals surface area (Å²) in [5.41, 5.74) is 0. The summed E-state index contributed by atoms with van der Waals surface area (Å²) in [4.78, 5) is 54.0. The maximum atomic E-state index is 9.00. The first-order valence-electron chi connectivity index (χ1n) is 5.57. The van der Waals surface area contributed by atoms with Crippen LogP contribution in [0.25, 0.3) is 0 Å². The molecule has 0 aromatic heterocycles. The third-order valence-corrected chi connectivity index (χ3v) is 0. The van der Waals surface area contributed by atoms with Crippen molar-refractivity contribution in [2.45, 2.75) is 41.5 Å². The van der Waals surface area contributed by atoms with E-state index in [0.717, 1.165) is 41.5 Å². The molecule has 0 heterocycles. The maximum absolute atomic E-state index is 9.00. The molecule has 0 saturated heterocycles. The Morgan fingerprint density at radius 1 is 0.333 bits per heavy atom. The number of aliphatic carboxylic acids is 6. The topological polar surface area (TPSA) is 224 Å². The standard InChI is InChI=1S/6C2H4O2.3Fe/c6*1-2(3)4;;;/h6*1H3,(H,3,4);;;. The van der Waals surface area contributed by atoms with Crippen LogP contribution >= 0.6 is 0 Å². The van der Waals surface area contributed by atoms with Gasteiger partial charge >= 0.3 is 0 Å². The number of hydrogen-bond donors (Lipinski definition) is 6. The molecular formula is C12H24Fe3O12. The van der Waals surface area contributed by atoms with E-state index in [2.05, 4.69) is 0 Å². The van der Waals surface area contributed by atoms with Crippen molar-refractivity contribution in [1.29, 1.82) is 0 Å². The van der Waals surface area contributed by atoms with E-state index in [-0.39, 0.29) is 51.2 Å². The molecular weight excluding hydrogens is 504 g/mol. The minimum Gasteiger partial charge on any atom is -0.481 e. The minimum absolute atomic E-state index is 0. The first kappa shape index (κ1) is 56.2. The van der Waals surface area contributed by atoms with E-state index in [1.165, 1.54) is 0 Å². The fourth-order valence-corrected chi connectivity index (χ4v) is 0. The van der Waals surface area contributed by atoms with E-state index in [4.69, 9.17) is 59.4 Å². The molecule has 0 aromatic rings. The van der Waals surface area contributed by atoms with Gasteiger partial charge in [-0.25, -0.2) is 0 Å². The predicted octanol–water partition coefficient (Wildman–Crippen LogP) is 0.538. The molecule has 0 fully saturated rings. The van der Waals surface area contributed by atoms with Crippen LogP contribution in [-0.4, -0.2) is 66.5 Å². The SMILES string of the molecule is CC(=O)O.CC(=O)O.CC(=O)O.CC(=O)O.CC(=O)O.CC(=O)O.[Fe].[Fe].[Fe]. The van der Waals surface area contributed by atoms with Crippen molar-refractivity contribution < 1.29 is 111 Å². The molecule has 0 aromatic carbocycles. The first-order valence-corrected chi connectivity index (χ1v) is 5.57. The van der Waals surface area contributed by atoms with E-state index in [1.54, 1.807) is 0 Å². The van der Waals surface area contributed by atoms with Crippen molar-refractivity contribution in [1.82, 2.24) is 0 Å². The molecule has 0 unspecified atom stereocenters. The van der Waals surface area contributed by atoms with Gasteiger partial charge in [0.25, 0.3) is 35.8 Å². The van der Waals surface area contributed by atoms with Gasteiger partial charge in [-0.15, -0.1) is 0 Å². The van der Waals surface area contributed by atoms with Gasteiger partial charge in [-0.05, 0) is 0 Å². The summed E-state index contributed by atoms with van der Waals surface area (Å²) in [7, 11) is 0. The van der Waals surface area contributed by atoms with Gasteiger partial charge in [-0.1, -0.05) is 0 Å². The number of hydrogen-bond acceptors (Lipinski definition) is 6. The van der Waals surface area contributed by atoms with E-state index in [9.17, 15) is 0 Å². The molecule has 0 bridgehead atoms. The Morgan fingerprint density at radius 3 is 0.333 bits per heavy atom. The predicted molar refractivity (Wildman–Crippen MR) is 79.9 cm³/mol. The molecule has 0 atom stereocenters. The summed E-state index contributed by atoms with van der Waals surface area (Å²) in [5.74, 6) is -5.00. The van der Waals surface area contributed by atoms with Gasteiger partial charge in [0.1, 0.15) is 0 Å². The molecule has 0 aliphatic rings. The number of carbonyl (C=O) groups is 6. The second-order valence-corrected chi connectivity index (χ2v) is 3.11. The molecule has 15 heteroatoms. The molecule has 27 heavy (non-hydrogen) atoms. The summed E-state index contributed by atoms with van der Waals surface area (Å²) < 4.78 is 0. The van der Waals surface area contributed by atoms with Gasteiger partial charge in [0.05, 0.1) is 0 Å². The van der Waals surface area contributed by atoms with Crippen molar-refractivity contribution in [2.75, 3.05) is 0 Å². The van der Waals surface area contributed by atoms with Crippen LogP contribution in [-0.2, 0) is 80.0 Å². The molecule has 6 N–H and O–H groups in total. The van der Waals surface area contributed by atoms with Gasteiger partial charge in [0.15, 0.2) is 0 Å². The third-order valence-electron chi connectivity index (χ3n) is 0. The molecule has 0 aliphatic carbocycles. The van der Waals surface area contributed by atoms with Crippen LogP contribution in [0.4, 0.5) is 0 Å². The van der Waals surface area contributed by atoms with Crippen molar-refractivity contribution in [2.24, 2.45) is 0 Å². The summed E-state index contributed by atoms with van der Waals surface area (Å²) in [6.45, 7) is 6.50. The smallest absolute Gasteiger partial charge is 0.300 e. The van der Waals surface area contributed by atoms with E-state index >= 15 is 0 Å². The van der Waals surface area contributed by atoms with Crippen molar-refractivity contribution in [3.63, 3.8) is 0 Å². The quantitative estimate of drug-likeness (QED) is 0.237. The summed E-state index contributed by atoms with van der Waals surface area (Å²) in [6.07, 6.45) is 0. The Labute approximate surface area is 187 Å². The minimum atomic E-state index is -0.833. The van der Waals surface area contributed by atoms with E-state index in [1.807, 2.05) is 0 Å². The number of carboxylic acids is 6. The Balaban J connectivity index is -0.0000000201. The fourth-order valence-electron chi connectivity index (χ4n) is 0. The summed E-state index contributed by atoms with van der Waals surface area (Å²) in [5, 5.41) is 44.5. The zero-order valence-corrected chi connectivity index (χ0v) is 18.5. The van der Waals surface area contributed by atoms with Gasteiger partial charge in [0, 0.05) is 92.7 Å². The average molecular weight is 528 g/mol. The zero-order valence-electron chi connectivity index (χ0n) is 15.2. The van der Waals surface area contributed by atoms with E-state index < -0.39 is 35.8 Å². The molecule has 0 amide bonds. The van der Waals surface area contributed by atoms with Crippen molar-refractivity contribution in [3.05, 3.63) is 0 Å². The molecule has 12 nitrogen and oxygen atoms in total. The van der Waals surface area contributed by atoms with Crippen LogP contribution in [0.15, 0.2) is 0 Å². The van der Waals surface area contributed by atoms with Gasteiger partial charge < -0.3 is 30.6 Å². The van der Waals surface area contributed by atoms with Crippen molar-refractivity contribution >= 4 is 35.8 Å². The zero-order chi connectivity index (χ0) is 21.5. The second-order valence-electron chi connectivity index (χ2n) is 3.11. The molecule has 168 valence electrons. The van der Waals surface area contributed by atoms with Gasteiger partial charge in [-0.3, -0.25) is 28.8 Å². The number of carboxylic acid groups (broad SMARTS) is 6. The summed E-state index contributed by atoms with van der Waals surface area (Å²) >= 11 is 0. The number of rotatable bonds is 0. The van der Waals surface area contributed by atoms with Gasteiger partial charge in [0.2, 0.25) is 0 Å². The van der Waals surface area contributed by atoms with Crippen LogP contribution in [0.3, 0.4) is 0 Å². The Hall–Kier alpha value is -1.62. The molecule has 0 spiro atoms. The van der Waals surface area contributed by atoms with Crippen LogP contribution in [0.1, 0.15) is 41.5 Å². The van der Waals surface area contributed by atoms with Crippen molar-refractivity contribution in [3.8, 4) is 0 Å². The Bertz CT molecular complexity index is 269. The average Bonchev–Trinajstić information content (AvgIpc) is 2.08. The van der Waals surface area contributed by atoms with Crippen LogP contribution < -0.4 is 0 Å². The van der Waals surface area contributed by atoms with E-state index in [0.29, 0.717) is 0 Å². The Morgan fingerprint density at radius 2 is 0.333 bits per heavy atom. The van der Waals surface area contributed by atoms with Gasteiger partial charge in [-0.2, -0.15) is 0 Å². The summed E-state index contributed by atoms with van der Waals surface area (Å²) in [6, 6.07) is 0.